The molecule has 0 saturated carbocycles. The average Bonchev–Trinajstić information content (AvgIpc) is 2.81. The van der Waals surface area contributed by atoms with Gasteiger partial charge in [0.2, 0.25) is 0 Å². The molecule has 7 heteroatoms. The van der Waals surface area contributed by atoms with Gasteiger partial charge in [-0.3, -0.25) is 10.1 Å². The number of aromatic nitrogens is 2. The van der Waals surface area contributed by atoms with Crippen molar-refractivity contribution in [2.24, 2.45) is 5.73 Å². The highest BCUT2D eigenvalue weighted by atomic mass is 16.5. The van der Waals surface area contributed by atoms with Crippen molar-refractivity contribution in [3.05, 3.63) is 18.2 Å². The first kappa shape index (κ1) is 14.6. The minimum atomic E-state index is -0.827. The highest BCUT2D eigenvalue weighted by Gasteiger charge is 2.23. The van der Waals surface area contributed by atoms with E-state index in [9.17, 15) is 9.90 Å². The first-order valence-corrected chi connectivity index (χ1v) is 5.95. The maximum Gasteiger partial charge on any atom is 0.323 e. The van der Waals surface area contributed by atoms with Crippen LogP contribution in [0.5, 0.6) is 0 Å². The van der Waals surface area contributed by atoms with E-state index in [2.05, 4.69) is 15.3 Å². The number of H-pyrrole nitrogens is 1. The van der Waals surface area contributed by atoms with Gasteiger partial charge >= 0.3 is 5.97 Å². The molecule has 102 valence electrons. The lowest BCUT2D eigenvalue weighted by Crippen LogP contribution is -2.46. The summed E-state index contributed by atoms with van der Waals surface area (Å²) in [5.41, 5.74) is 6.14. The molecule has 0 bridgehead atoms. The number of aromatic amines is 1. The fourth-order valence-electron chi connectivity index (χ4n) is 1.54. The number of carbonyl (C=O) groups excluding carboxylic acids is 1. The fraction of sp³-hybridized carbons (Fsp3) is 0.636. The molecule has 5 N–H and O–H groups in total. The fourth-order valence-corrected chi connectivity index (χ4v) is 1.54. The zero-order valence-corrected chi connectivity index (χ0v) is 10.4. The largest absolute Gasteiger partial charge is 0.465 e. The lowest BCUT2D eigenvalue weighted by molar-refractivity contribution is -0.146. The normalized spacial score (nSPS) is 14.2. The van der Waals surface area contributed by atoms with E-state index in [0.29, 0.717) is 26.0 Å². The first-order valence-electron chi connectivity index (χ1n) is 5.95. The van der Waals surface area contributed by atoms with Gasteiger partial charge in [0, 0.05) is 18.3 Å². The van der Waals surface area contributed by atoms with Gasteiger partial charge in [0.25, 0.3) is 0 Å². The van der Waals surface area contributed by atoms with E-state index >= 15 is 0 Å². The van der Waals surface area contributed by atoms with E-state index in [1.165, 1.54) is 6.33 Å². The third-order valence-corrected chi connectivity index (χ3v) is 2.38. The molecular formula is C11H20N4O3. The molecule has 1 heterocycles. The molecule has 1 aromatic heterocycles. The molecule has 18 heavy (non-hydrogen) atoms. The number of esters is 1. The second-order valence-electron chi connectivity index (χ2n) is 3.85. The van der Waals surface area contributed by atoms with Crippen molar-refractivity contribution >= 4 is 5.97 Å². The third kappa shape index (κ3) is 4.82. The molecular weight excluding hydrogens is 236 g/mol. The minimum absolute atomic E-state index is 0.299. The molecule has 0 amide bonds. The summed E-state index contributed by atoms with van der Waals surface area (Å²) in [6.07, 6.45) is 3.09. The molecule has 0 aliphatic heterocycles. The van der Waals surface area contributed by atoms with E-state index in [-0.39, 0.29) is 0 Å². The first-order chi connectivity index (χ1) is 8.67. The maximum absolute atomic E-state index is 11.7. The molecule has 2 atom stereocenters. The Hall–Kier alpha value is -1.44. The molecule has 1 rings (SSSR count). The van der Waals surface area contributed by atoms with Crippen molar-refractivity contribution in [2.45, 2.75) is 32.0 Å². The van der Waals surface area contributed by atoms with Gasteiger partial charge in [-0.05, 0) is 19.9 Å². The van der Waals surface area contributed by atoms with E-state index in [0.717, 1.165) is 5.69 Å². The SMILES string of the molecule is CCOC(=O)C(Cc1cnc[nH]1)NC(O)CCN. The smallest absolute Gasteiger partial charge is 0.323 e. The van der Waals surface area contributed by atoms with Gasteiger partial charge < -0.3 is 20.6 Å². The Morgan fingerprint density at radius 1 is 1.72 bits per heavy atom. The summed E-state index contributed by atoms with van der Waals surface area (Å²) < 4.78 is 4.95. The summed E-state index contributed by atoms with van der Waals surface area (Å²) in [7, 11) is 0. The van der Waals surface area contributed by atoms with Crippen LogP contribution in [0.3, 0.4) is 0 Å². The summed E-state index contributed by atoms with van der Waals surface area (Å²) in [4.78, 5) is 18.5. The summed E-state index contributed by atoms with van der Waals surface area (Å²) in [6, 6.07) is -0.619. The van der Waals surface area contributed by atoms with E-state index in [1.807, 2.05) is 0 Å². The standard InChI is InChI=1S/C11H20N4O3/c1-2-18-11(17)9(15-10(16)3-4-12)5-8-6-13-7-14-8/h6-7,9-10,15-16H,2-5,12H2,1H3,(H,13,14). The van der Waals surface area contributed by atoms with Gasteiger partial charge in [0.15, 0.2) is 0 Å². The van der Waals surface area contributed by atoms with Crippen LogP contribution in [0.25, 0.3) is 0 Å². The van der Waals surface area contributed by atoms with Crippen LogP contribution in [0, 0.1) is 0 Å². The third-order valence-electron chi connectivity index (χ3n) is 2.38. The molecule has 0 spiro atoms. The highest BCUT2D eigenvalue weighted by molar-refractivity contribution is 5.76. The minimum Gasteiger partial charge on any atom is -0.465 e. The highest BCUT2D eigenvalue weighted by Crippen LogP contribution is 2.02. The number of hydrogen-bond donors (Lipinski definition) is 4. The monoisotopic (exact) mass is 256 g/mol. The van der Waals surface area contributed by atoms with Crippen molar-refractivity contribution < 1.29 is 14.6 Å². The number of ether oxygens (including phenoxy) is 1. The Bertz CT molecular complexity index is 342. The molecule has 0 aliphatic rings. The van der Waals surface area contributed by atoms with Crippen LogP contribution in [-0.2, 0) is 16.0 Å². The Morgan fingerprint density at radius 3 is 3.06 bits per heavy atom. The molecule has 0 radical (unpaired) electrons. The second kappa shape index (κ2) is 7.80. The second-order valence-corrected chi connectivity index (χ2v) is 3.85. The number of nitrogens with one attached hydrogen (secondary N) is 2. The van der Waals surface area contributed by atoms with E-state index in [4.69, 9.17) is 10.5 Å². The van der Waals surface area contributed by atoms with E-state index in [1.54, 1.807) is 13.1 Å². The molecule has 0 fully saturated rings. The summed E-state index contributed by atoms with van der Waals surface area (Å²) in [6.45, 7) is 2.38. The van der Waals surface area contributed by atoms with Crippen LogP contribution in [0.2, 0.25) is 0 Å². The van der Waals surface area contributed by atoms with Crippen LogP contribution < -0.4 is 11.1 Å². The number of aliphatic hydroxyl groups excluding tert-OH is 1. The Balaban J connectivity index is 2.59. The lowest BCUT2D eigenvalue weighted by atomic mass is 10.1. The van der Waals surface area contributed by atoms with Crippen LogP contribution >= 0.6 is 0 Å². The summed E-state index contributed by atoms with van der Waals surface area (Å²) in [5, 5.41) is 12.4. The van der Waals surface area contributed by atoms with Gasteiger partial charge in [-0.2, -0.15) is 0 Å². The van der Waals surface area contributed by atoms with Gasteiger partial charge in [0.05, 0.1) is 12.9 Å². The number of nitrogens with two attached hydrogens (primary N) is 1. The molecule has 1 aromatic rings. The van der Waals surface area contributed by atoms with Crippen molar-refractivity contribution in [1.82, 2.24) is 15.3 Å². The summed E-state index contributed by atoms with van der Waals surface area (Å²) in [5.74, 6) is -0.400. The van der Waals surface area contributed by atoms with Crippen LogP contribution in [0.1, 0.15) is 19.0 Å². The zero-order chi connectivity index (χ0) is 13.4. The Labute approximate surface area is 106 Å². The predicted molar refractivity (Wildman–Crippen MR) is 65.5 cm³/mol. The van der Waals surface area contributed by atoms with Crippen molar-refractivity contribution in [1.29, 1.82) is 0 Å². The molecule has 2 unspecified atom stereocenters. The topological polar surface area (TPSA) is 113 Å². The lowest BCUT2D eigenvalue weighted by Gasteiger charge is -2.20. The van der Waals surface area contributed by atoms with Gasteiger partial charge in [-0.25, -0.2) is 4.98 Å². The number of aliphatic hydroxyl groups is 1. The average molecular weight is 256 g/mol. The maximum atomic E-state index is 11.7. The molecule has 0 aromatic carbocycles. The van der Waals surface area contributed by atoms with E-state index < -0.39 is 18.2 Å². The molecule has 0 saturated heterocycles. The molecule has 7 nitrogen and oxygen atoms in total. The van der Waals surface area contributed by atoms with Crippen LogP contribution in [0.4, 0.5) is 0 Å². The number of rotatable bonds is 8. The van der Waals surface area contributed by atoms with Gasteiger partial charge in [-0.1, -0.05) is 0 Å². The van der Waals surface area contributed by atoms with Crippen molar-refractivity contribution in [3.8, 4) is 0 Å². The quantitative estimate of drug-likeness (QED) is 0.355. The number of imidazole rings is 1. The number of carbonyl (C=O) groups is 1. The van der Waals surface area contributed by atoms with Crippen LogP contribution in [-0.4, -0.2) is 46.5 Å². The zero-order valence-electron chi connectivity index (χ0n) is 10.4. The van der Waals surface area contributed by atoms with Crippen LogP contribution in [0.15, 0.2) is 12.5 Å². The Morgan fingerprint density at radius 2 is 2.50 bits per heavy atom. The van der Waals surface area contributed by atoms with Gasteiger partial charge in [0.1, 0.15) is 12.3 Å². The Kier molecular flexibility index (Phi) is 6.34. The number of nitrogens with zero attached hydrogens (tertiary/aromatic N) is 1. The molecule has 0 aliphatic carbocycles. The van der Waals surface area contributed by atoms with Crippen molar-refractivity contribution in [3.63, 3.8) is 0 Å². The summed E-state index contributed by atoms with van der Waals surface area (Å²) >= 11 is 0. The number of hydrogen-bond acceptors (Lipinski definition) is 6. The predicted octanol–water partition coefficient (Wildman–Crippen LogP) is -0.859. The van der Waals surface area contributed by atoms with Gasteiger partial charge in [-0.15, -0.1) is 0 Å². The van der Waals surface area contributed by atoms with Crippen molar-refractivity contribution in [2.75, 3.05) is 13.2 Å².